The molecule has 0 atom stereocenters. The molecule has 1 saturated heterocycles. The van der Waals surface area contributed by atoms with E-state index in [1.807, 2.05) is 4.90 Å². The molecule has 0 saturated carbocycles. The average molecular weight is 293 g/mol. The fourth-order valence-electron chi connectivity index (χ4n) is 1.96. The zero-order valence-electron chi connectivity index (χ0n) is 9.94. The Bertz CT molecular complexity index is 542. The lowest BCUT2D eigenvalue weighted by Gasteiger charge is -2.34. The van der Waals surface area contributed by atoms with Gasteiger partial charge < -0.3 is 4.90 Å². The van der Waals surface area contributed by atoms with Crippen molar-refractivity contribution < 1.29 is 12.8 Å². The highest BCUT2D eigenvalue weighted by atomic mass is 35.5. The van der Waals surface area contributed by atoms with Gasteiger partial charge in [-0.15, -0.1) is 0 Å². The van der Waals surface area contributed by atoms with Crippen molar-refractivity contribution in [2.45, 2.75) is 0 Å². The first-order valence-corrected chi connectivity index (χ1v) is 7.75. The van der Waals surface area contributed by atoms with Crippen LogP contribution in [-0.2, 0) is 10.0 Å². The Kier molecular flexibility index (Phi) is 3.79. The van der Waals surface area contributed by atoms with Gasteiger partial charge in [0.1, 0.15) is 5.82 Å². The lowest BCUT2D eigenvalue weighted by atomic mass is 10.2. The summed E-state index contributed by atoms with van der Waals surface area (Å²) in [6, 6.07) is 4.53. The molecule has 100 valence electrons. The highest BCUT2D eigenvalue weighted by Crippen LogP contribution is 2.23. The molecule has 4 nitrogen and oxygen atoms in total. The van der Waals surface area contributed by atoms with Crippen LogP contribution in [0.15, 0.2) is 18.2 Å². The molecule has 2 rings (SSSR count). The van der Waals surface area contributed by atoms with Gasteiger partial charge in [-0.3, -0.25) is 0 Å². The maximum atomic E-state index is 13.0. The number of rotatable bonds is 2. The van der Waals surface area contributed by atoms with Crippen LogP contribution in [0.3, 0.4) is 0 Å². The lowest BCUT2D eigenvalue weighted by molar-refractivity contribution is 0.388. The van der Waals surface area contributed by atoms with E-state index in [2.05, 4.69) is 0 Å². The van der Waals surface area contributed by atoms with Crippen LogP contribution in [0, 0.1) is 5.82 Å². The van der Waals surface area contributed by atoms with Crippen molar-refractivity contribution in [3.63, 3.8) is 0 Å². The molecule has 1 aromatic carbocycles. The van der Waals surface area contributed by atoms with E-state index in [1.54, 1.807) is 12.1 Å². The fourth-order valence-corrected chi connectivity index (χ4v) is 2.96. The number of halogens is 2. The van der Waals surface area contributed by atoms with Gasteiger partial charge in [-0.1, -0.05) is 11.6 Å². The van der Waals surface area contributed by atoms with Crippen LogP contribution < -0.4 is 4.90 Å². The molecule has 0 N–H and O–H groups in total. The van der Waals surface area contributed by atoms with Crippen molar-refractivity contribution in [1.29, 1.82) is 0 Å². The fraction of sp³-hybridized carbons (Fsp3) is 0.455. The third-order valence-corrected chi connectivity index (χ3v) is 4.57. The molecular formula is C11H14ClFN2O2S. The number of sulfonamides is 1. The van der Waals surface area contributed by atoms with Crippen LogP contribution in [0.1, 0.15) is 0 Å². The number of nitrogens with zero attached hydrogens (tertiary/aromatic N) is 2. The van der Waals surface area contributed by atoms with Gasteiger partial charge in [-0.05, 0) is 18.2 Å². The third-order valence-electron chi connectivity index (χ3n) is 2.98. The van der Waals surface area contributed by atoms with Crippen LogP contribution in [0.2, 0.25) is 5.02 Å². The summed E-state index contributed by atoms with van der Waals surface area (Å²) in [5, 5.41) is 0.0815. The summed E-state index contributed by atoms with van der Waals surface area (Å²) in [6.45, 7) is 2.03. The number of hydrogen-bond donors (Lipinski definition) is 0. The topological polar surface area (TPSA) is 40.6 Å². The predicted octanol–water partition coefficient (Wildman–Crippen LogP) is 1.56. The normalized spacial score (nSPS) is 18.1. The van der Waals surface area contributed by atoms with Crippen LogP contribution in [0.4, 0.5) is 10.1 Å². The van der Waals surface area contributed by atoms with Crippen molar-refractivity contribution in [2.24, 2.45) is 0 Å². The van der Waals surface area contributed by atoms with Crippen LogP contribution >= 0.6 is 11.6 Å². The van der Waals surface area contributed by atoms with Gasteiger partial charge >= 0.3 is 0 Å². The Hall–Kier alpha value is -0.850. The maximum absolute atomic E-state index is 13.0. The number of piperazine rings is 1. The van der Waals surface area contributed by atoms with Gasteiger partial charge in [0.05, 0.1) is 11.3 Å². The smallest absolute Gasteiger partial charge is 0.211 e. The highest BCUT2D eigenvalue weighted by molar-refractivity contribution is 7.88. The zero-order chi connectivity index (χ0) is 13.3. The quantitative estimate of drug-likeness (QED) is 0.831. The number of benzene rings is 1. The first-order chi connectivity index (χ1) is 8.38. The van der Waals surface area contributed by atoms with Crippen LogP contribution in [0.25, 0.3) is 0 Å². The van der Waals surface area contributed by atoms with Crippen molar-refractivity contribution in [3.8, 4) is 0 Å². The first kappa shape index (κ1) is 13.6. The molecule has 0 aromatic heterocycles. The summed E-state index contributed by atoms with van der Waals surface area (Å²) in [5.74, 6) is -0.449. The van der Waals surface area contributed by atoms with E-state index < -0.39 is 15.8 Å². The van der Waals surface area contributed by atoms with E-state index in [4.69, 9.17) is 11.6 Å². The van der Waals surface area contributed by atoms with E-state index in [9.17, 15) is 12.8 Å². The average Bonchev–Trinajstić information content (AvgIpc) is 2.32. The zero-order valence-corrected chi connectivity index (χ0v) is 11.5. The van der Waals surface area contributed by atoms with Gasteiger partial charge in [0.25, 0.3) is 0 Å². The Morgan fingerprint density at radius 2 is 1.83 bits per heavy atom. The Balaban J connectivity index is 2.08. The van der Waals surface area contributed by atoms with Crippen LogP contribution in [0.5, 0.6) is 0 Å². The minimum absolute atomic E-state index is 0.0815. The maximum Gasteiger partial charge on any atom is 0.211 e. The molecule has 7 heteroatoms. The largest absolute Gasteiger partial charge is 0.369 e. The standard InChI is InChI=1S/C11H14ClFN2O2S/c1-18(16,17)15-6-4-14(5-7-15)9-2-3-11(13)10(12)8-9/h2-3,8H,4-7H2,1H3. The summed E-state index contributed by atoms with van der Waals surface area (Å²) < 4.78 is 37.2. The first-order valence-electron chi connectivity index (χ1n) is 5.53. The lowest BCUT2D eigenvalue weighted by Crippen LogP contribution is -2.48. The molecule has 0 bridgehead atoms. The molecule has 1 aromatic rings. The molecule has 18 heavy (non-hydrogen) atoms. The Morgan fingerprint density at radius 1 is 1.22 bits per heavy atom. The Morgan fingerprint density at radius 3 is 2.33 bits per heavy atom. The van der Waals surface area contributed by atoms with E-state index in [0.717, 1.165) is 5.69 Å². The number of anilines is 1. The number of hydrogen-bond acceptors (Lipinski definition) is 3. The van der Waals surface area contributed by atoms with Gasteiger partial charge in [0.2, 0.25) is 10.0 Å². The highest BCUT2D eigenvalue weighted by Gasteiger charge is 2.23. The third kappa shape index (κ3) is 2.93. The molecule has 1 aliphatic heterocycles. The second kappa shape index (κ2) is 5.03. The monoisotopic (exact) mass is 292 g/mol. The van der Waals surface area contributed by atoms with Crippen molar-refractivity contribution in [1.82, 2.24) is 4.31 Å². The summed E-state index contributed by atoms with van der Waals surface area (Å²) >= 11 is 5.73. The molecule has 0 spiro atoms. The van der Waals surface area contributed by atoms with Crippen molar-refractivity contribution in [3.05, 3.63) is 29.0 Å². The molecule has 1 fully saturated rings. The van der Waals surface area contributed by atoms with Gasteiger partial charge in [0, 0.05) is 31.9 Å². The molecule has 1 aliphatic rings. The second-order valence-corrected chi connectivity index (χ2v) is 6.64. The summed E-state index contributed by atoms with van der Waals surface area (Å²) in [7, 11) is -3.13. The molecule has 0 amide bonds. The van der Waals surface area contributed by atoms with E-state index in [-0.39, 0.29) is 5.02 Å². The summed E-state index contributed by atoms with van der Waals surface area (Å²) in [4.78, 5) is 1.99. The van der Waals surface area contributed by atoms with Gasteiger partial charge in [0.15, 0.2) is 0 Å². The van der Waals surface area contributed by atoms with Crippen molar-refractivity contribution in [2.75, 3.05) is 37.3 Å². The minimum atomic E-state index is -3.13. The van der Waals surface area contributed by atoms with E-state index in [1.165, 1.54) is 16.6 Å². The van der Waals surface area contributed by atoms with E-state index in [0.29, 0.717) is 26.2 Å². The predicted molar refractivity (Wildman–Crippen MR) is 70.0 cm³/mol. The molecule has 0 aliphatic carbocycles. The Labute approximate surface area is 111 Å². The van der Waals surface area contributed by atoms with E-state index >= 15 is 0 Å². The summed E-state index contributed by atoms with van der Waals surface area (Å²) in [6.07, 6.45) is 1.21. The SMILES string of the molecule is CS(=O)(=O)N1CCN(c2ccc(F)c(Cl)c2)CC1. The molecular weight excluding hydrogens is 279 g/mol. The second-order valence-electron chi connectivity index (χ2n) is 4.25. The van der Waals surface area contributed by atoms with Gasteiger partial charge in [-0.2, -0.15) is 4.31 Å². The minimum Gasteiger partial charge on any atom is -0.369 e. The molecule has 0 radical (unpaired) electrons. The van der Waals surface area contributed by atoms with Crippen LogP contribution in [-0.4, -0.2) is 45.2 Å². The van der Waals surface area contributed by atoms with Gasteiger partial charge in [-0.25, -0.2) is 12.8 Å². The van der Waals surface area contributed by atoms with Crippen molar-refractivity contribution >= 4 is 27.3 Å². The summed E-state index contributed by atoms with van der Waals surface area (Å²) in [5.41, 5.74) is 0.814. The molecule has 1 heterocycles. The molecule has 0 unspecified atom stereocenters.